The lowest BCUT2D eigenvalue weighted by Gasteiger charge is -2.10. The van der Waals surface area contributed by atoms with E-state index in [-0.39, 0.29) is 0 Å². The molecule has 17 heavy (non-hydrogen) atoms. The average Bonchev–Trinajstić information content (AvgIpc) is 2.34. The molecule has 1 aromatic rings. The SMILES string of the molecule is C/C=C(\C=C/CC)Oc1cc(C)cnc1OC. The van der Waals surface area contributed by atoms with Crippen molar-refractivity contribution in [3.8, 4) is 11.6 Å². The Kier molecular flexibility index (Phi) is 5.27. The molecular weight excluding hydrogens is 214 g/mol. The standard InChI is InChI=1S/C14H19NO2/c1-5-7-8-12(6-2)17-13-9-11(3)10-15-14(13)16-4/h6-10H,5H2,1-4H3/b8-7-,12-6+. The van der Waals surface area contributed by atoms with Crippen molar-refractivity contribution >= 4 is 0 Å². The zero-order chi connectivity index (χ0) is 12.7. The lowest BCUT2D eigenvalue weighted by atomic mass is 10.3. The molecule has 0 atom stereocenters. The second-order valence-electron chi connectivity index (χ2n) is 3.62. The summed E-state index contributed by atoms with van der Waals surface area (Å²) >= 11 is 0. The quantitative estimate of drug-likeness (QED) is 0.574. The molecule has 3 nitrogen and oxygen atoms in total. The summed E-state index contributed by atoms with van der Waals surface area (Å²) in [4.78, 5) is 4.17. The third-order valence-electron chi connectivity index (χ3n) is 2.18. The number of hydrogen-bond acceptors (Lipinski definition) is 3. The van der Waals surface area contributed by atoms with Crippen molar-refractivity contribution in [2.24, 2.45) is 0 Å². The molecule has 0 N–H and O–H groups in total. The highest BCUT2D eigenvalue weighted by Gasteiger charge is 2.07. The highest BCUT2D eigenvalue weighted by Crippen LogP contribution is 2.26. The van der Waals surface area contributed by atoms with Crippen molar-refractivity contribution in [1.29, 1.82) is 0 Å². The normalized spacial score (nSPS) is 11.9. The van der Waals surface area contributed by atoms with Crippen LogP contribution in [0.3, 0.4) is 0 Å². The van der Waals surface area contributed by atoms with Crippen molar-refractivity contribution in [3.63, 3.8) is 0 Å². The van der Waals surface area contributed by atoms with Gasteiger partial charge in [0.25, 0.3) is 5.88 Å². The van der Waals surface area contributed by atoms with Gasteiger partial charge in [0.1, 0.15) is 5.76 Å². The minimum Gasteiger partial charge on any atom is -0.478 e. The minimum absolute atomic E-state index is 0.500. The molecule has 0 aliphatic rings. The number of pyridine rings is 1. The molecule has 0 amide bonds. The number of ether oxygens (including phenoxy) is 2. The molecule has 0 saturated heterocycles. The third-order valence-corrected chi connectivity index (χ3v) is 2.18. The van der Waals surface area contributed by atoms with Gasteiger partial charge in [0.2, 0.25) is 0 Å². The second-order valence-corrected chi connectivity index (χ2v) is 3.62. The fourth-order valence-corrected chi connectivity index (χ4v) is 1.31. The molecule has 0 aliphatic carbocycles. The molecular formula is C14H19NO2. The first-order chi connectivity index (χ1) is 8.21. The van der Waals surface area contributed by atoms with E-state index in [1.54, 1.807) is 13.3 Å². The lowest BCUT2D eigenvalue weighted by Crippen LogP contribution is -1.97. The fraction of sp³-hybridized carbons (Fsp3) is 0.357. The Morgan fingerprint density at radius 2 is 2.24 bits per heavy atom. The molecule has 92 valence electrons. The van der Waals surface area contributed by atoms with Crippen molar-refractivity contribution in [3.05, 3.63) is 41.8 Å². The summed E-state index contributed by atoms with van der Waals surface area (Å²) in [7, 11) is 1.59. The Bertz CT molecular complexity index is 422. The maximum atomic E-state index is 5.76. The number of hydrogen-bond donors (Lipinski definition) is 0. The molecule has 0 aliphatic heterocycles. The predicted octanol–water partition coefficient (Wildman–Crippen LogP) is 3.65. The van der Waals surface area contributed by atoms with E-state index in [1.807, 2.05) is 38.1 Å². The molecule has 3 heteroatoms. The van der Waals surface area contributed by atoms with Crippen LogP contribution in [-0.4, -0.2) is 12.1 Å². The van der Waals surface area contributed by atoms with Crippen LogP contribution in [0.25, 0.3) is 0 Å². The number of aryl methyl sites for hydroxylation is 1. The van der Waals surface area contributed by atoms with Crippen molar-refractivity contribution in [1.82, 2.24) is 4.98 Å². The van der Waals surface area contributed by atoms with Gasteiger partial charge >= 0.3 is 0 Å². The Morgan fingerprint density at radius 3 is 2.82 bits per heavy atom. The molecule has 0 bridgehead atoms. The molecule has 1 heterocycles. The molecule has 0 aromatic carbocycles. The van der Waals surface area contributed by atoms with E-state index >= 15 is 0 Å². The Hall–Kier alpha value is -1.77. The van der Waals surface area contributed by atoms with Gasteiger partial charge in [0.15, 0.2) is 5.75 Å². The average molecular weight is 233 g/mol. The van der Waals surface area contributed by atoms with Crippen molar-refractivity contribution in [2.75, 3.05) is 7.11 Å². The number of allylic oxidation sites excluding steroid dienone is 3. The maximum absolute atomic E-state index is 5.76. The molecule has 0 fully saturated rings. The molecule has 1 rings (SSSR count). The van der Waals surface area contributed by atoms with Crippen LogP contribution in [0.5, 0.6) is 11.6 Å². The van der Waals surface area contributed by atoms with Crippen LogP contribution in [0, 0.1) is 6.92 Å². The van der Waals surface area contributed by atoms with E-state index in [0.29, 0.717) is 11.6 Å². The summed E-state index contributed by atoms with van der Waals surface area (Å²) in [6.07, 6.45) is 8.63. The van der Waals surface area contributed by atoms with Gasteiger partial charge in [0, 0.05) is 6.20 Å². The van der Waals surface area contributed by atoms with Crippen molar-refractivity contribution in [2.45, 2.75) is 27.2 Å². The summed E-state index contributed by atoms with van der Waals surface area (Å²) in [6, 6.07) is 1.91. The summed E-state index contributed by atoms with van der Waals surface area (Å²) in [5.74, 6) is 1.93. The van der Waals surface area contributed by atoms with Crippen LogP contribution in [0.15, 0.2) is 36.3 Å². The number of methoxy groups -OCH3 is 1. The Balaban J connectivity index is 2.92. The number of aromatic nitrogens is 1. The molecule has 0 saturated carbocycles. The fourth-order valence-electron chi connectivity index (χ4n) is 1.31. The minimum atomic E-state index is 0.500. The monoisotopic (exact) mass is 233 g/mol. The molecule has 0 radical (unpaired) electrons. The first-order valence-corrected chi connectivity index (χ1v) is 5.72. The first-order valence-electron chi connectivity index (χ1n) is 5.72. The molecule has 0 spiro atoms. The summed E-state index contributed by atoms with van der Waals surface area (Å²) in [5.41, 5.74) is 1.04. The van der Waals surface area contributed by atoms with Crippen LogP contribution >= 0.6 is 0 Å². The van der Waals surface area contributed by atoms with E-state index < -0.39 is 0 Å². The van der Waals surface area contributed by atoms with E-state index in [1.165, 1.54) is 0 Å². The van der Waals surface area contributed by atoms with Gasteiger partial charge in [-0.2, -0.15) is 0 Å². The van der Waals surface area contributed by atoms with Gasteiger partial charge in [-0.3, -0.25) is 0 Å². The summed E-state index contributed by atoms with van der Waals surface area (Å²) < 4.78 is 10.9. The zero-order valence-corrected chi connectivity index (χ0v) is 10.9. The van der Waals surface area contributed by atoms with Gasteiger partial charge in [-0.15, -0.1) is 0 Å². The zero-order valence-electron chi connectivity index (χ0n) is 10.9. The molecule has 0 unspecified atom stereocenters. The Morgan fingerprint density at radius 1 is 1.47 bits per heavy atom. The summed E-state index contributed by atoms with van der Waals surface area (Å²) in [6.45, 7) is 5.99. The van der Waals surface area contributed by atoms with E-state index in [9.17, 15) is 0 Å². The van der Waals surface area contributed by atoms with E-state index in [4.69, 9.17) is 9.47 Å². The van der Waals surface area contributed by atoms with Gasteiger partial charge in [-0.1, -0.05) is 13.0 Å². The van der Waals surface area contributed by atoms with Gasteiger partial charge in [-0.05, 0) is 44.1 Å². The largest absolute Gasteiger partial charge is 0.478 e. The maximum Gasteiger partial charge on any atom is 0.257 e. The van der Waals surface area contributed by atoms with Crippen LogP contribution in [0.1, 0.15) is 25.8 Å². The van der Waals surface area contributed by atoms with Gasteiger partial charge < -0.3 is 9.47 Å². The number of nitrogens with zero attached hydrogens (tertiary/aromatic N) is 1. The first kappa shape index (κ1) is 13.3. The second kappa shape index (κ2) is 6.74. The van der Waals surface area contributed by atoms with E-state index in [2.05, 4.69) is 11.9 Å². The third kappa shape index (κ3) is 3.94. The number of rotatable bonds is 5. The van der Waals surface area contributed by atoms with Crippen LogP contribution in [0.4, 0.5) is 0 Å². The lowest BCUT2D eigenvalue weighted by molar-refractivity contribution is 0.353. The van der Waals surface area contributed by atoms with Gasteiger partial charge in [0.05, 0.1) is 7.11 Å². The van der Waals surface area contributed by atoms with Crippen LogP contribution in [0.2, 0.25) is 0 Å². The van der Waals surface area contributed by atoms with Gasteiger partial charge in [-0.25, -0.2) is 4.98 Å². The van der Waals surface area contributed by atoms with Crippen molar-refractivity contribution < 1.29 is 9.47 Å². The highest BCUT2D eigenvalue weighted by molar-refractivity contribution is 5.38. The highest BCUT2D eigenvalue weighted by atomic mass is 16.5. The predicted molar refractivity (Wildman–Crippen MR) is 69.3 cm³/mol. The van der Waals surface area contributed by atoms with Crippen LogP contribution < -0.4 is 9.47 Å². The molecule has 1 aromatic heterocycles. The smallest absolute Gasteiger partial charge is 0.257 e. The topological polar surface area (TPSA) is 31.4 Å². The van der Waals surface area contributed by atoms with Crippen LogP contribution in [-0.2, 0) is 0 Å². The van der Waals surface area contributed by atoms with E-state index in [0.717, 1.165) is 17.7 Å². The Labute approximate surface area is 103 Å². The summed E-state index contributed by atoms with van der Waals surface area (Å²) in [5, 5.41) is 0.